The Morgan fingerprint density at radius 1 is 1.44 bits per heavy atom. The molecular weight excluding hydrogens is 324 g/mol. The van der Waals surface area contributed by atoms with E-state index in [2.05, 4.69) is 15.5 Å². The zero-order valence-electron chi connectivity index (χ0n) is 14.3. The molecule has 0 saturated carbocycles. The fourth-order valence-electron chi connectivity index (χ4n) is 2.88. The number of urea groups is 1. The Hall–Kier alpha value is -2.45. The number of hydrogen-bond acceptors (Lipinski definition) is 6. The highest BCUT2D eigenvalue weighted by atomic mass is 16.5. The number of carbonyl (C=O) groups excluding carboxylic acids is 1. The number of aliphatic hydroxyl groups excluding tert-OH is 1. The van der Waals surface area contributed by atoms with E-state index < -0.39 is 6.10 Å². The Morgan fingerprint density at radius 2 is 2.24 bits per heavy atom. The van der Waals surface area contributed by atoms with E-state index in [4.69, 9.17) is 9.26 Å². The fourth-order valence-corrected chi connectivity index (χ4v) is 2.88. The third-order valence-electron chi connectivity index (χ3n) is 4.25. The van der Waals surface area contributed by atoms with Gasteiger partial charge in [0.25, 0.3) is 5.89 Å². The van der Waals surface area contributed by atoms with Crippen LogP contribution in [0.4, 0.5) is 4.79 Å². The molecule has 2 amide bonds. The van der Waals surface area contributed by atoms with Crippen molar-refractivity contribution in [2.24, 2.45) is 0 Å². The molecule has 2 heterocycles. The number of methoxy groups -OCH3 is 1. The van der Waals surface area contributed by atoms with Crippen LogP contribution in [0.1, 0.15) is 17.8 Å². The number of aromatic nitrogens is 2. The number of aliphatic hydroxyl groups is 1. The van der Waals surface area contributed by atoms with E-state index in [1.165, 1.54) is 4.90 Å². The van der Waals surface area contributed by atoms with Crippen molar-refractivity contribution in [1.82, 2.24) is 20.4 Å². The number of carbonyl (C=O) groups is 1. The third-order valence-corrected chi connectivity index (χ3v) is 4.25. The lowest BCUT2D eigenvalue weighted by atomic mass is 10.1. The number of ether oxygens (including phenoxy) is 1. The second-order valence-electron chi connectivity index (χ2n) is 6.14. The van der Waals surface area contributed by atoms with Gasteiger partial charge in [0.1, 0.15) is 0 Å². The molecule has 2 aromatic rings. The van der Waals surface area contributed by atoms with Crippen LogP contribution in [-0.2, 0) is 11.3 Å². The predicted octanol–water partition coefficient (Wildman–Crippen LogP) is 1.34. The van der Waals surface area contributed by atoms with E-state index in [9.17, 15) is 9.90 Å². The summed E-state index contributed by atoms with van der Waals surface area (Å²) in [4.78, 5) is 18.1. The normalized spacial score (nSPS) is 20.5. The first-order valence-corrected chi connectivity index (χ1v) is 8.19. The SMILES string of the molecule is COC1CC(O)CN(C(=O)NCc2noc(-c3ccccc3C)n2)C1. The summed E-state index contributed by atoms with van der Waals surface area (Å²) in [5.41, 5.74) is 1.91. The molecule has 1 aromatic heterocycles. The molecule has 0 bridgehead atoms. The number of β-amino-alcohol motifs (C(OH)–C–C–N with tert-alkyl or cyclic N) is 1. The van der Waals surface area contributed by atoms with Gasteiger partial charge in [-0.15, -0.1) is 0 Å². The number of piperidine rings is 1. The Balaban J connectivity index is 1.59. The number of nitrogens with zero attached hydrogens (tertiary/aromatic N) is 3. The van der Waals surface area contributed by atoms with E-state index in [-0.39, 0.29) is 25.2 Å². The molecule has 1 saturated heterocycles. The van der Waals surface area contributed by atoms with Gasteiger partial charge in [0.2, 0.25) is 0 Å². The van der Waals surface area contributed by atoms with Crippen LogP contribution in [0.3, 0.4) is 0 Å². The first kappa shape index (κ1) is 17.4. The van der Waals surface area contributed by atoms with Gasteiger partial charge < -0.3 is 24.6 Å². The maximum absolute atomic E-state index is 12.3. The van der Waals surface area contributed by atoms with Gasteiger partial charge in [0.15, 0.2) is 5.82 Å². The topological polar surface area (TPSA) is 101 Å². The monoisotopic (exact) mass is 346 g/mol. The van der Waals surface area contributed by atoms with Crippen LogP contribution in [0.15, 0.2) is 28.8 Å². The first-order valence-electron chi connectivity index (χ1n) is 8.19. The van der Waals surface area contributed by atoms with Crippen molar-refractivity contribution >= 4 is 6.03 Å². The summed E-state index contributed by atoms with van der Waals surface area (Å²) in [6.07, 6.45) is -0.208. The summed E-state index contributed by atoms with van der Waals surface area (Å²) in [7, 11) is 1.57. The maximum Gasteiger partial charge on any atom is 0.317 e. The average Bonchev–Trinajstić information content (AvgIpc) is 3.08. The number of benzene rings is 1. The average molecular weight is 346 g/mol. The molecule has 8 heteroatoms. The number of rotatable bonds is 4. The number of hydrogen-bond donors (Lipinski definition) is 2. The smallest absolute Gasteiger partial charge is 0.317 e. The lowest BCUT2D eigenvalue weighted by Crippen LogP contribution is -2.52. The van der Waals surface area contributed by atoms with Gasteiger partial charge in [0, 0.05) is 32.2 Å². The standard InChI is InChI=1S/C17H22N4O4/c1-11-5-3-4-6-14(11)16-19-15(20-25-16)8-18-17(23)21-9-12(22)7-13(10-21)24-2/h3-6,12-13,22H,7-10H2,1-2H3,(H,18,23). The molecule has 1 aliphatic heterocycles. The van der Waals surface area contributed by atoms with Crippen molar-refractivity contribution < 1.29 is 19.2 Å². The largest absolute Gasteiger partial charge is 0.391 e. The van der Waals surface area contributed by atoms with Crippen molar-refractivity contribution in [3.8, 4) is 11.5 Å². The van der Waals surface area contributed by atoms with Crippen molar-refractivity contribution in [2.45, 2.75) is 32.1 Å². The highest BCUT2D eigenvalue weighted by Gasteiger charge is 2.29. The minimum Gasteiger partial charge on any atom is -0.391 e. The summed E-state index contributed by atoms with van der Waals surface area (Å²) in [5.74, 6) is 0.822. The van der Waals surface area contributed by atoms with Gasteiger partial charge in [-0.05, 0) is 18.6 Å². The van der Waals surface area contributed by atoms with Gasteiger partial charge in [-0.2, -0.15) is 4.98 Å². The van der Waals surface area contributed by atoms with Gasteiger partial charge >= 0.3 is 6.03 Å². The number of nitrogens with one attached hydrogen (secondary N) is 1. The Labute approximate surface area is 145 Å². The third kappa shape index (κ3) is 4.15. The fraction of sp³-hybridized carbons (Fsp3) is 0.471. The molecule has 2 unspecified atom stereocenters. The molecule has 2 N–H and O–H groups in total. The molecule has 1 fully saturated rings. The summed E-state index contributed by atoms with van der Waals surface area (Å²) in [6, 6.07) is 7.43. The quantitative estimate of drug-likeness (QED) is 0.866. The van der Waals surface area contributed by atoms with Crippen LogP contribution in [0, 0.1) is 6.92 Å². The molecule has 1 aliphatic rings. The minimum absolute atomic E-state index is 0.151. The van der Waals surface area contributed by atoms with E-state index in [0.717, 1.165) is 11.1 Å². The van der Waals surface area contributed by atoms with Crippen LogP contribution < -0.4 is 5.32 Å². The summed E-state index contributed by atoms with van der Waals surface area (Å²) < 4.78 is 10.5. The molecule has 134 valence electrons. The van der Waals surface area contributed by atoms with Gasteiger partial charge in [-0.1, -0.05) is 23.4 Å². The van der Waals surface area contributed by atoms with Crippen LogP contribution >= 0.6 is 0 Å². The van der Waals surface area contributed by atoms with E-state index in [1.54, 1.807) is 7.11 Å². The summed E-state index contributed by atoms with van der Waals surface area (Å²) >= 11 is 0. The molecule has 3 rings (SSSR count). The number of amides is 2. The maximum atomic E-state index is 12.3. The predicted molar refractivity (Wildman–Crippen MR) is 89.7 cm³/mol. The van der Waals surface area contributed by atoms with Crippen molar-refractivity contribution in [3.63, 3.8) is 0 Å². The van der Waals surface area contributed by atoms with Crippen LogP contribution in [-0.4, -0.2) is 58.6 Å². The Kier molecular flexibility index (Phi) is 5.30. The van der Waals surface area contributed by atoms with Crippen LogP contribution in [0.25, 0.3) is 11.5 Å². The van der Waals surface area contributed by atoms with E-state index >= 15 is 0 Å². The lowest BCUT2D eigenvalue weighted by Gasteiger charge is -2.34. The molecule has 1 aromatic carbocycles. The molecule has 25 heavy (non-hydrogen) atoms. The molecular formula is C17H22N4O4. The van der Waals surface area contributed by atoms with Crippen molar-refractivity contribution in [3.05, 3.63) is 35.7 Å². The van der Waals surface area contributed by atoms with Crippen molar-refractivity contribution in [2.75, 3.05) is 20.2 Å². The second kappa shape index (κ2) is 7.62. The van der Waals surface area contributed by atoms with E-state index in [0.29, 0.717) is 24.7 Å². The first-order chi connectivity index (χ1) is 12.1. The Bertz CT molecular complexity index is 733. The molecule has 2 atom stereocenters. The minimum atomic E-state index is -0.581. The van der Waals surface area contributed by atoms with Crippen molar-refractivity contribution in [1.29, 1.82) is 0 Å². The highest BCUT2D eigenvalue weighted by Crippen LogP contribution is 2.21. The van der Waals surface area contributed by atoms with Gasteiger partial charge in [0.05, 0.1) is 18.8 Å². The second-order valence-corrected chi connectivity index (χ2v) is 6.14. The van der Waals surface area contributed by atoms with Gasteiger partial charge in [-0.25, -0.2) is 4.79 Å². The summed E-state index contributed by atoms with van der Waals surface area (Å²) in [5, 5.41) is 16.5. The van der Waals surface area contributed by atoms with Gasteiger partial charge in [-0.3, -0.25) is 0 Å². The summed E-state index contributed by atoms with van der Waals surface area (Å²) in [6.45, 7) is 2.85. The molecule has 0 aliphatic carbocycles. The highest BCUT2D eigenvalue weighted by molar-refractivity contribution is 5.74. The zero-order valence-corrected chi connectivity index (χ0v) is 14.3. The number of likely N-dealkylation sites (tertiary alicyclic amines) is 1. The Morgan fingerprint density at radius 3 is 3.00 bits per heavy atom. The molecule has 8 nitrogen and oxygen atoms in total. The van der Waals surface area contributed by atoms with Crippen LogP contribution in [0.2, 0.25) is 0 Å². The lowest BCUT2D eigenvalue weighted by molar-refractivity contribution is -0.0156. The van der Waals surface area contributed by atoms with E-state index in [1.807, 2.05) is 31.2 Å². The molecule has 0 spiro atoms. The zero-order chi connectivity index (χ0) is 17.8. The molecule has 0 radical (unpaired) electrons. The van der Waals surface area contributed by atoms with Crippen LogP contribution in [0.5, 0.6) is 0 Å². The number of aryl methyl sites for hydroxylation is 1.